The number of hydrogen-bond acceptors (Lipinski definition) is 6. The van der Waals surface area contributed by atoms with E-state index in [2.05, 4.69) is 24.0 Å². The molecule has 1 fully saturated rings. The van der Waals surface area contributed by atoms with Crippen molar-refractivity contribution in [3.05, 3.63) is 0 Å². The van der Waals surface area contributed by atoms with Crippen LogP contribution in [0.1, 0.15) is 26.7 Å². The summed E-state index contributed by atoms with van der Waals surface area (Å²) in [5.41, 5.74) is 5.55. The fourth-order valence-electron chi connectivity index (χ4n) is 1.64. The van der Waals surface area contributed by atoms with Gasteiger partial charge in [0.15, 0.2) is 4.34 Å². The number of thioether (sulfide) groups is 1. The first-order chi connectivity index (χ1) is 7.05. The third-order valence-corrected chi connectivity index (χ3v) is 4.39. The second kappa shape index (κ2) is 4.27. The number of ether oxygens (including phenoxy) is 1. The molecule has 84 valence electrons. The third kappa shape index (κ3) is 3.06. The molecule has 1 unspecified atom stereocenters. The lowest BCUT2D eigenvalue weighted by molar-refractivity contribution is -0.00466. The topological polar surface area (TPSA) is 61.0 Å². The molecular weight excluding hydrogens is 230 g/mol. The van der Waals surface area contributed by atoms with Gasteiger partial charge in [0.25, 0.3) is 0 Å². The smallest absolute Gasteiger partial charge is 0.203 e. The Hall–Kier alpha value is -0.330. The van der Waals surface area contributed by atoms with Crippen molar-refractivity contribution < 1.29 is 4.74 Å². The molecule has 0 amide bonds. The average molecular weight is 245 g/mol. The Labute approximate surface area is 97.6 Å². The summed E-state index contributed by atoms with van der Waals surface area (Å²) in [6.45, 7) is 4.28. The molecule has 0 saturated carbocycles. The summed E-state index contributed by atoms with van der Waals surface area (Å²) in [7, 11) is 0. The molecule has 0 aliphatic carbocycles. The summed E-state index contributed by atoms with van der Waals surface area (Å²) in [5, 5.41) is 8.27. The van der Waals surface area contributed by atoms with Gasteiger partial charge in [-0.2, -0.15) is 0 Å². The molecule has 2 rings (SSSR count). The van der Waals surface area contributed by atoms with Crippen molar-refractivity contribution >= 4 is 28.2 Å². The van der Waals surface area contributed by atoms with Crippen molar-refractivity contribution in [3.8, 4) is 0 Å². The molecule has 1 aromatic heterocycles. The van der Waals surface area contributed by atoms with E-state index in [1.165, 1.54) is 11.3 Å². The van der Waals surface area contributed by atoms with Gasteiger partial charge in [-0.05, 0) is 26.7 Å². The van der Waals surface area contributed by atoms with E-state index in [1.807, 2.05) is 0 Å². The van der Waals surface area contributed by atoms with Crippen LogP contribution in [0.25, 0.3) is 0 Å². The molecule has 2 N–H and O–H groups in total. The predicted octanol–water partition coefficient (Wildman–Crippen LogP) is 2.17. The van der Waals surface area contributed by atoms with Crippen LogP contribution in [0.4, 0.5) is 5.13 Å². The van der Waals surface area contributed by atoms with E-state index in [1.54, 1.807) is 11.8 Å². The number of anilines is 1. The van der Waals surface area contributed by atoms with Gasteiger partial charge < -0.3 is 10.5 Å². The predicted molar refractivity (Wildman–Crippen MR) is 63.2 cm³/mol. The van der Waals surface area contributed by atoms with Crippen LogP contribution in [-0.2, 0) is 4.74 Å². The lowest BCUT2D eigenvalue weighted by Crippen LogP contribution is -2.20. The van der Waals surface area contributed by atoms with Crippen molar-refractivity contribution in [3.63, 3.8) is 0 Å². The zero-order valence-electron chi connectivity index (χ0n) is 8.90. The van der Waals surface area contributed by atoms with Crippen LogP contribution in [0.5, 0.6) is 0 Å². The number of rotatable bonds is 3. The maximum absolute atomic E-state index is 5.88. The average Bonchev–Trinajstić information content (AvgIpc) is 2.69. The highest BCUT2D eigenvalue weighted by molar-refractivity contribution is 8.01. The first kappa shape index (κ1) is 11.2. The van der Waals surface area contributed by atoms with Crippen LogP contribution in [0, 0.1) is 0 Å². The SMILES string of the molecule is CC1(C)CCC(CSc2nnc(N)s2)O1. The number of nitrogen functional groups attached to an aromatic ring is 1. The van der Waals surface area contributed by atoms with Gasteiger partial charge in [-0.1, -0.05) is 23.1 Å². The van der Waals surface area contributed by atoms with Gasteiger partial charge in [0.1, 0.15) is 0 Å². The van der Waals surface area contributed by atoms with Crippen LogP contribution in [0.15, 0.2) is 4.34 Å². The summed E-state index contributed by atoms with van der Waals surface area (Å²) in [5.74, 6) is 0.943. The first-order valence-electron chi connectivity index (χ1n) is 4.95. The third-order valence-electron chi connectivity index (χ3n) is 2.37. The standard InChI is InChI=1S/C9H15N3OS2/c1-9(2)4-3-6(13-9)5-14-8-12-11-7(10)15-8/h6H,3-5H2,1-2H3,(H2,10,11). The highest BCUT2D eigenvalue weighted by Gasteiger charge is 2.31. The maximum Gasteiger partial charge on any atom is 0.203 e. The Morgan fingerprint density at radius 2 is 2.40 bits per heavy atom. The lowest BCUT2D eigenvalue weighted by atomic mass is 10.1. The summed E-state index contributed by atoms with van der Waals surface area (Å²) in [4.78, 5) is 0. The van der Waals surface area contributed by atoms with Gasteiger partial charge in [-0.3, -0.25) is 0 Å². The molecule has 6 heteroatoms. The van der Waals surface area contributed by atoms with Crippen LogP contribution in [-0.4, -0.2) is 27.7 Å². The zero-order chi connectivity index (χ0) is 10.9. The maximum atomic E-state index is 5.88. The van der Waals surface area contributed by atoms with E-state index in [4.69, 9.17) is 10.5 Å². The minimum atomic E-state index is 0.0470. The molecule has 4 nitrogen and oxygen atoms in total. The fraction of sp³-hybridized carbons (Fsp3) is 0.778. The molecule has 0 radical (unpaired) electrons. The molecule has 1 saturated heterocycles. The molecule has 1 aliphatic heterocycles. The van der Waals surface area contributed by atoms with E-state index in [0.717, 1.165) is 22.9 Å². The Kier molecular flexibility index (Phi) is 3.18. The van der Waals surface area contributed by atoms with E-state index in [9.17, 15) is 0 Å². The lowest BCUT2D eigenvalue weighted by Gasteiger charge is -2.18. The van der Waals surface area contributed by atoms with Crippen LogP contribution in [0.2, 0.25) is 0 Å². The fourth-order valence-corrected chi connectivity index (χ4v) is 3.34. The minimum absolute atomic E-state index is 0.0470. The first-order valence-corrected chi connectivity index (χ1v) is 6.75. The van der Waals surface area contributed by atoms with Gasteiger partial charge in [0.05, 0.1) is 11.7 Å². The van der Waals surface area contributed by atoms with Crippen LogP contribution in [0.3, 0.4) is 0 Å². The van der Waals surface area contributed by atoms with Crippen molar-refractivity contribution in [1.29, 1.82) is 0 Å². The quantitative estimate of drug-likeness (QED) is 0.827. The number of nitrogens with zero attached hydrogens (tertiary/aromatic N) is 2. The van der Waals surface area contributed by atoms with Crippen molar-refractivity contribution in [2.45, 2.75) is 42.7 Å². The highest BCUT2D eigenvalue weighted by atomic mass is 32.2. The van der Waals surface area contributed by atoms with Crippen molar-refractivity contribution in [1.82, 2.24) is 10.2 Å². The molecule has 1 aliphatic rings. The molecular formula is C9H15N3OS2. The van der Waals surface area contributed by atoms with E-state index in [-0.39, 0.29) is 5.60 Å². The normalized spacial score (nSPS) is 24.5. The van der Waals surface area contributed by atoms with E-state index in [0.29, 0.717) is 11.2 Å². The monoisotopic (exact) mass is 245 g/mol. The van der Waals surface area contributed by atoms with Crippen molar-refractivity contribution in [2.24, 2.45) is 0 Å². The Morgan fingerprint density at radius 1 is 1.60 bits per heavy atom. The molecule has 0 spiro atoms. The Morgan fingerprint density at radius 3 is 2.93 bits per heavy atom. The summed E-state index contributed by atoms with van der Waals surface area (Å²) >= 11 is 3.11. The van der Waals surface area contributed by atoms with Gasteiger partial charge in [-0.15, -0.1) is 10.2 Å². The summed E-state index contributed by atoms with van der Waals surface area (Å²) < 4.78 is 6.81. The second-order valence-electron chi connectivity index (χ2n) is 4.26. The molecule has 2 heterocycles. The van der Waals surface area contributed by atoms with E-state index >= 15 is 0 Å². The molecule has 0 bridgehead atoms. The van der Waals surface area contributed by atoms with E-state index < -0.39 is 0 Å². The Balaban J connectivity index is 1.80. The zero-order valence-corrected chi connectivity index (χ0v) is 10.5. The second-order valence-corrected chi connectivity index (χ2v) is 6.53. The Bertz CT molecular complexity index is 340. The van der Waals surface area contributed by atoms with Crippen LogP contribution >= 0.6 is 23.1 Å². The number of nitrogens with two attached hydrogens (primary N) is 1. The molecule has 15 heavy (non-hydrogen) atoms. The molecule has 1 aromatic rings. The van der Waals surface area contributed by atoms with Gasteiger partial charge in [0, 0.05) is 5.75 Å². The summed E-state index contributed by atoms with van der Waals surface area (Å²) in [6, 6.07) is 0. The molecule has 1 atom stereocenters. The molecule has 0 aromatic carbocycles. The van der Waals surface area contributed by atoms with Gasteiger partial charge in [0.2, 0.25) is 5.13 Å². The van der Waals surface area contributed by atoms with Gasteiger partial charge >= 0.3 is 0 Å². The van der Waals surface area contributed by atoms with Crippen LogP contribution < -0.4 is 5.73 Å². The highest BCUT2D eigenvalue weighted by Crippen LogP contribution is 2.33. The number of hydrogen-bond donors (Lipinski definition) is 1. The minimum Gasteiger partial charge on any atom is -0.374 e. The number of aromatic nitrogens is 2. The largest absolute Gasteiger partial charge is 0.374 e. The van der Waals surface area contributed by atoms with Gasteiger partial charge in [-0.25, -0.2) is 0 Å². The summed E-state index contributed by atoms with van der Waals surface area (Å²) in [6.07, 6.45) is 2.61. The van der Waals surface area contributed by atoms with Crippen molar-refractivity contribution in [2.75, 3.05) is 11.5 Å².